The Bertz CT molecular complexity index is 663. The van der Waals surface area contributed by atoms with Gasteiger partial charge in [-0.3, -0.25) is 4.79 Å². The molecule has 3 nitrogen and oxygen atoms in total. The summed E-state index contributed by atoms with van der Waals surface area (Å²) in [4.78, 5) is 12.6. The second-order valence-electron chi connectivity index (χ2n) is 5.24. The second kappa shape index (κ2) is 5.53. The summed E-state index contributed by atoms with van der Waals surface area (Å²) in [6, 6.07) is 15.4. The Hall–Kier alpha value is -1.81. The molecule has 1 saturated carbocycles. The standard InChI is InChI=1S/C17H16BrNO2/c1-21-13-8-6-12(7-9-13)17(10-11-17)16(20)19-15-5-3-2-4-14(15)18/h2-9H,10-11H2,1H3,(H,19,20). The van der Waals surface area contributed by atoms with Crippen LogP contribution in [0.2, 0.25) is 0 Å². The van der Waals surface area contributed by atoms with Gasteiger partial charge in [-0.15, -0.1) is 0 Å². The van der Waals surface area contributed by atoms with Crippen LogP contribution in [0.5, 0.6) is 5.75 Å². The summed E-state index contributed by atoms with van der Waals surface area (Å²) in [7, 11) is 1.64. The van der Waals surface area contributed by atoms with Crippen molar-refractivity contribution in [2.24, 2.45) is 0 Å². The Balaban J connectivity index is 1.81. The number of carbonyl (C=O) groups is 1. The predicted molar refractivity (Wildman–Crippen MR) is 86.7 cm³/mol. The lowest BCUT2D eigenvalue weighted by Gasteiger charge is -2.17. The average molecular weight is 346 g/mol. The van der Waals surface area contributed by atoms with Crippen LogP contribution in [0.4, 0.5) is 5.69 Å². The number of amides is 1. The van der Waals surface area contributed by atoms with Crippen LogP contribution >= 0.6 is 15.9 Å². The molecule has 0 saturated heterocycles. The van der Waals surface area contributed by atoms with Crippen LogP contribution in [0.1, 0.15) is 18.4 Å². The summed E-state index contributed by atoms with van der Waals surface area (Å²) < 4.78 is 6.06. The van der Waals surface area contributed by atoms with Crippen LogP contribution < -0.4 is 10.1 Å². The molecule has 0 unspecified atom stereocenters. The highest BCUT2D eigenvalue weighted by atomic mass is 79.9. The summed E-state index contributed by atoms with van der Waals surface area (Å²) in [6.45, 7) is 0. The van der Waals surface area contributed by atoms with Crippen LogP contribution in [0.15, 0.2) is 53.0 Å². The van der Waals surface area contributed by atoms with Gasteiger partial charge in [0, 0.05) is 4.47 Å². The fourth-order valence-electron chi connectivity index (χ4n) is 2.49. The molecule has 21 heavy (non-hydrogen) atoms. The van der Waals surface area contributed by atoms with E-state index in [1.807, 2.05) is 48.5 Å². The van der Waals surface area contributed by atoms with Gasteiger partial charge in [-0.1, -0.05) is 24.3 Å². The molecule has 1 aliphatic rings. The highest BCUT2D eigenvalue weighted by Gasteiger charge is 2.51. The Labute approximate surface area is 132 Å². The predicted octanol–water partition coefficient (Wildman–Crippen LogP) is 4.13. The maximum Gasteiger partial charge on any atom is 0.235 e. The first-order valence-corrected chi connectivity index (χ1v) is 7.65. The minimum Gasteiger partial charge on any atom is -0.497 e. The number of methoxy groups -OCH3 is 1. The second-order valence-corrected chi connectivity index (χ2v) is 6.10. The van der Waals surface area contributed by atoms with Crippen LogP contribution in [0.3, 0.4) is 0 Å². The molecule has 0 atom stereocenters. The van der Waals surface area contributed by atoms with Crippen molar-refractivity contribution < 1.29 is 9.53 Å². The molecule has 0 radical (unpaired) electrons. The van der Waals surface area contributed by atoms with E-state index in [4.69, 9.17) is 4.74 Å². The Morgan fingerprint density at radius 3 is 2.38 bits per heavy atom. The van der Waals surface area contributed by atoms with E-state index < -0.39 is 0 Å². The summed E-state index contributed by atoms with van der Waals surface area (Å²) >= 11 is 3.46. The third-order valence-electron chi connectivity index (χ3n) is 3.95. The SMILES string of the molecule is COc1ccc(C2(C(=O)Nc3ccccc3Br)CC2)cc1. The zero-order chi connectivity index (χ0) is 14.9. The van der Waals surface area contributed by atoms with Gasteiger partial charge in [0.2, 0.25) is 5.91 Å². The molecule has 2 aromatic carbocycles. The van der Waals surface area contributed by atoms with E-state index in [-0.39, 0.29) is 11.3 Å². The van der Waals surface area contributed by atoms with Crippen LogP contribution in [-0.2, 0) is 10.2 Å². The molecule has 2 aromatic rings. The van der Waals surface area contributed by atoms with Crippen LogP contribution in [0.25, 0.3) is 0 Å². The Morgan fingerprint density at radius 1 is 1.14 bits per heavy atom. The number of halogens is 1. The van der Waals surface area contributed by atoms with Gasteiger partial charge in [0.05, 0.1) is 18.2 Å². The van der Waals surface area contributed by atoms with E-state index in [1.54, 1.807) is 7.11 Å². The molecule has 1 fully saturated rings. The number of carbonyl (C=O) groups excluding carboxylic acids is 1. The maximum atomic E-state index is 12.6. The zero-order valence-electron chi connectivity index (χ0n) is 11.7. The van der Waals surface area contributed by atoms with Gasteiger partial charge in [0.15, 0.2) is 0 Å². The minimum atomic E-state index is -0.387. The molecule has 0 aromatic heterocycles. The Morgan fingerprint density at radius 2 is 1.81 bits per heavy atom. The molecule has 1 N–H and O–H groups in total. The van der Waals surface area contributed by atoms with E-state index in [1.165, 1.54) is 0 Å². The topological polar surface area (TPSA) is 38.3 Å². The van der Waals surface area contributed by atoms with Gasteiger partial charge in [-0.05, 0) is 58.6 Å². The highest BCUT2D eigenvalue weighted by Crippen LogP contribution is 2.49. The lowest BCUT2D eigenvalue weighted by molar-refractivity contribution is -0.118. The summed E-state index contributed by atoms with van der Waals surface area (Å²) in [5, 5.41) is 3.02. The number of rotatable bonds is 4. The molecule has 0 aliphatic heterocycles. The largest absolute Gasteiger partial charge is 0.497 e. The molecule has 1 aliphatic carbocycles. The normalized spacial score (nSPS) is 15.3. The summed E-state index contributed by atoms with van der Waals surface area (Å²) in [5.74, 6) is 0.861. The van der Waals surface area contributed by atoms with Crippen molar-refractivity contribution in [2.75, 3.05) is 12.4 Å². The lowest BCUT2D eigenvalue weighted by Crippen LogP contribution is -2.27. The number of nitrogens with one attached hydrogen (secondary N) is 1. The van der Waals surface area contributed by atoms with Crippen LogP contribution in [-0.4, -0.2) is 13.0 Å². The van der Waals surface area contributed by atoms with Crippen molar-refractivity contribution in [1.29, 1.82) is 0 Å². The van der Waals surface area contributed by atoms with Crippen molar-refractivity contribution >= 4 is 27.5 Å². The number of benzene rings is 2. The summed E-state index contributed by atoms with van der Waals surface area (Å²) in [6.07, 6.45) is 1.77. The van der Waals surface area contributed by atoms with Gasteiger partial charge in [-0.25, -0.2) is 0 Å². The van der Waals surface area contributed by atoms with E-state index >= 15 is 0 Å². The van der Waals surface area contributed by atoms with E-state index in [0.717, 1.165) is 34.3 Å². The maximum absolute atomic E-state index is 12.6. The molecular weight excluding hydrogens is 330 g/mol. The third kappa shape index (κ3) is 2.68. The van der Waals surface area contributed by atoms with E-state index in [0.29, 0.717) is 0 Å². The van der Waals surface area contributed by atoms with Gasteiger partial charge >= 0.3 is 0 Å². The van der Waals surface area contributed by atoms with Crippen molar-refractivity contribution in [3.05, 3.63) is 58.6 Å². The van der Waals surface area contributed by atoms with Gasteiger partial charge in [-0.2, -0.15) is 0 Å². The first kappa shape index (κ1) is 14.1. The van der Waals surface area contributed by atoms with Crippen molar-refractivity contribution in [3.8, 4) is 5.75 Å². The minimum absolute atomic E-state index is 0.0552. The number of anilines is 1. The first-order chi connectivity index (χ1) is 10.2. The smallest absolute Gasteiger partial charge is 0.235 e. The molecule has 3 rings (SSSR count). The monoisotopic (exact) mass is 345 g/mol. The zero-order valence-corrected chi connectivity index (χ0v) is 13.3. The average Bonchev–Trinajstić information content (AvgIpc) is 3.31. The number of hydrogen-bond donors (Lipinski definition) is 1. The molecular formula is C17H16BrNO2. The highest BCUT2D eigenvalue weighted by molar-refractivity contribution is 9.10. The van der Waals surface area contributed by atoms with Gasteiger partial charge in [0.25, 0.3) is 0 Å². The number of ether oxygens (including phenoxy) is 1. The fourth-order valence-corrected chi connectivity index (χ4v) is 2.87. The quantitative estimate of drug-likeness (QED) is 0.904. The molecule has 0 heterocycles. The van der Waals surface area contributed by atoms with Crippen molar-refractivity contribution in [3.63, 3.8) is 0 Å². The summed E-state index contributed by atoms with van der Waals surface area (Å²) in [5.41, 5.74) is 1.47. The van der Waals surface area contributed by atoms with Crippen LogP contribution in [0, 0.1) is 0 Å². The number of para-hydroxylation sites is 1. The first-order valence-electron chi connectivity index (χ1n) is 6.86. The van der Waals surface area contributed by atoms with Crippen molar-refractivity contribution in [2.45, 2.75) is 18.3 Å². The van der Waals surface area contributed by atoms with Gasteiger partial charge in [0.1, 0.15) is 5.75 Å². The third-order valence-corrected chi connectivity index (χ3v) is 4.64. The van der Waals surface area contributed by atoms with Gasteiger partial charge < -0.3 is 10.1 Å². The molecule has 4 heteroatoms. The Kier molecular flexibility index (Phi) is 3.72. The van der Waals surface area contributed by atoms with E-state index in [2.05, 4.69) is 21.2 Å². The molecule has 0 spiro atoms. The van der Waals surface area contributed by atoms with Crippen molar-refractivity contribution in [1.82, 2.24) is 0 Å². The molecule has 108 valence electrons. The molecule has 0 bridgehead atoms. The number of hydrogen-bond acceptors (Lipinski definition) is 2. The fraction of sp³-hybridized carbons (Fsp3) is 0.235. The van der Waals surface area contributed by atoms with E-state index in [9.17, 15) is 4.79 Å². The molecule has 1 amide bonds. The lowest BCUT2D eigenvalue weighted by atomic mass is 9.95.